The number of nitrogens with two attached hydrogens (primary N) is 1. The third-order valence-electron chi connectivity index (χ3n) is 6.30. The standard InChI is InChI=1S/C29H47N4O9P/c1-17(2)13-24(35)32-26(19(5)6)28(37)31-21(16-23(30)34)27(36)33-25(14-18(3)4)43(39,40)42-22(29(38)41-7)15-20-11-9-8-10-12-20/h8-12,17-19,21-22,25-26H,13-16H2,1-7H3,(H2,30,34)(H,31,37)(H,32,35)(H,33,36)(H,39,40)/t21-,22-,25-,26-/m0/s1. The first-order valence-electron chi connectivity index (χ1n) is 14.3. The van der Waals surface area contributed by atoms with Crippen LogP contribution in [0.3, 0.4) is 0 Å². The molecule has 0 bridgehead atoms. The predicted octanol–water partition coefficient (Wildman–Crippen LogP) is 2.01. The zero-order chi connectivity index (χ0) is 32.9. The van der Waals surface area contributed by atoms with Crippen LogP contribution in [0.15, 0.2) is 30.3 Å². The molecule has 0 spiro atoms. The Morgan fingerprint density at radius 2 is 1.49 bits per heavy atom. The number of primary amides is 1. The highest BCUT2D eigenvalue weighted by atomic mass is 31.2. The maximum absolute atomic E-state index is 13.6. The fourth-order valence-electron chi connectivity index (χ4n) is 4.17. The Hall–Kier alpha value is -3.28. The zero-order valence-corrected chi connectivity index (χ0v) is 26.9. The van der Waals surface area contributed by atoms with Crippen molar-refractivity contribution in [1.29, 1.82) is 0 Å². The van der Waals surface area contributed by atoms with Crippen LogP contribution >= 0.6 is 7.60 Å². The van der Waals surface area contributed by atoms with Crippen LogP contribution in [0.5, 0.6) is 0 Å². The van der Waals surface area contributed by atoms with Crippen molar-refractivity contribution < 1.29 is 42.7 Å². The van der Waals surface area contributed by atoms with Gasteiger partial charge in [0.1, 0.15) is 17.9 Å². The topological polar surface area (TPSA) is 203 Å². The molecule has 0 saturated heterocycles. The number of hydrogen-bond donors (Lipinski definition) is 5. The van der Waals surface area contributed by atoms with Crippen molar-refractivity contribution in [2.24, 2.45) is 23.5 Å². The molecule has 0 saturated carbocycles. The van der Waals surface area contributed by atoms with Gasteiger partial charge < -0.3 is 31.3 Å². The van der Waals surface area contributed by atoms with E-state index in [1.54, 1.807) is 58.0 Å². The van der Waals surface area contributed by atoms with E-state index in [1.807, 2.05) is 13.8 Å². The number of carbonyl (C=O) groups excluding carboxylic acids is 5. The second-order valence-corrected chi connectivity index (χ2v) is 13.6. The van der Waals surface area contributed by atoms with Crippen LogP contribution in [0.25, 0.3) is 0 Å². The average Bonchev–Trinajstić information content (AvgIpc) is 2.89. The van der Waals surface area contributed by atoms with Crippen LogP contribution in [0, 0.1) is 17.8 Å². The summed E-state index contributed by atoms with van der Waals surface area (Å²) in [6, 6.07) is 6.11. The Morgan fingerprint density at radius 3 is 1.98 bits per heavy atom. The second-order valence-electron chi connectivity index (χ2n) is 11.6. The average molecular weight is 627 g/mol. The minimum Gasteiger partial charge on any atom is -0.467 e. The lowest BCUT2D eigenvalue weighted by Gasteiger charge is -2.30. The molecule has 0 aliphatic rings. The minimum absolute atomic E-state index is 0.0458. The smallest absolute Gasteiger partial charge is 0.351 e. The number of rotatable bonds is 18. The molecule has 0 aliphatic heterocycles. The first-order valence-corrected chi connectivity index (χ1v) is 15.9. The number of methoxy groups -OCH3 is 1. The molecule has 5 atom stereocenters. The summed E-state index contributed by atoms with van der Waals surface area (Å²) in [4.78, 5) is 74.2. The van der Waals surface area contributed by atoms with Gasteiger partial charge in [-0.3, -0.25) is 28.3 Å². The quantitative estimate of drug-likeness (QED) is 0.119. The van der Waals surface area contributed by atoms with Gasteiger partial charge in [0.25, 0.3) is 0 Å². The van der Waals surface area contributed by atoms with E-state index in [1.165, 1.54) is 0 Å². The zero-order valence-electron chi connectivity index (χ0n) is 26.0. The van der Waals surface area contributed by atoms with Crippen LogP contribution in [0.1, 0.15) is 66.4 Å². The van der Waals surface area contributed by atoms with Crippen molar-refractivity contribution in [1.82, 2.24) is 16.0 Å². The molecule has 0 aliphatic carbocycles. The third-order valence-corrected chi connectivity index (χ3v) is 7.99. The second kappa shape index (κ2) is 17.7. The van der Waals surface area contributed by atoms with Crippen molar-refractivity contribution in [2.75, 3.05) is 7.11 Å². The van der Waals surface area contributed by atoms with E-state index in [9.17, 15) is 33.4 Å². The molecule has 1 rings (SSSR count). The Morgan fingerprint density at radius 1 is 0.884 bits per heavy atom. The first-order chi connectivity index (χ1) is 20.0. The van der Waals surface area contributed by atoms with E-state index in [0.717, 1.165) is 7.11 Å². The van der Waals surface area contributed by atoms with Gasteiger partial charge in [0.2, 0.25) is 23.6 Å². The SMILES string of the molecule is COC(=O)[C@H](Cc1ccccc1)OP(=O)(O)[C@@H](CC(C)C)NC(=O)[C@H](CC(N)=O)NC(=O)[C@@H](NC(=O)CC(C)C)C(C)C. The van der Waals surface area contributed by atoms with E-state index in [2.05, 4.69) is 16.0 Å². The van der Waals surface area contributed by atoms with Crippen LogP contribution in [0.2, 0.25) is 0 Å². The molecule has 0 aromatic heterocycles. The number of amides is 4. The van der Waals surface area contributed by atoms with Crippen LogP contribution in [-0.4, -0.2) is 65.6 Å². The predicted molar refractivity (Wildman–Crippen MR) is 160 cm³/mol. The number of ether oxygens (including phenoxy) is 1. The number of carbonyl (C=O) groups is 5. The largest absolute Gasteiger partial charge is 0.467 e. The highest BCUT2D eigenvalue weighted by molar-refractivity contribution is 7.53. The van der Waals surface area contributed by atoms with Crippen LogP contribution in [0.4, 0.5) is 0 Å². The van der Waals surface area contributed by atoms with Crippen molar-refractivity contribution in [3.05, 3.63) is 35.9 Å². The van der Waals surface area contributed by atoms with Gasteiger partial charge in [-0.25, -0.2) is 4.79 Å². The van der Waals surface area contributed by atoms with Gasteiger partial charge in [-0.1, -0.05) is 71.9 Å². The van der Waals surface area contributed by atoms with Crippen LogP contribution in [-0.2, 0) is 44.2 Å². The number of nitrogens with one attached hydrogen (secondary N) is 3. The van der Waals surface area contributed by atoms with Crippen molar-refractivity contribution in [2.45, 2.75) is 91.2 Å². The summed E-state index contributed by atoms with van der Waals surface area (Å²) in [6.07, 6.45) is -2.01. The molecule has 6 N–H and O–H groups in total. The Balaban J connectivity index is 3.23. The molecule has 0 heterocycles. The van der Waals surface area contributed by atoms with Gasteiger partial charge in [-0.15, -0.1) is 0 Å². The number of benzene rings is 1. The van der Waals surface area contributed by atoms with E-state index in [4.69, 9.17) is 15.0 Å². The summed E-state index contributed by atoms with van der Waals surface area (Å²) in [6.45, 7) is 10.6. The molecule has 14 heteroatoms. The van der Waals surface area contributed by atoms with E-state index in [0.29, 0.717) is 5.56 Å². The highest BCUT2D eigenvalue weighted by Gasteiger charge is 2.41. The fourth-order valence-corrected chi connectivity index (χ4v) is 5.82. The van der Waals surface area contributed by atoms with E-state index < -0.39 is 61.7 Å². The maximum Gasteiger partial charge on any atom is 0.351 e. The summed E-state index contributed by atoms with van der Waals surface area (Å²) in [5, 5.41) is 7.51. The lowest BCUT2D eigenvalue weighted by atomic mass is 10.0. The number of esters is 1. The van der Waals surface area contributed by atoms with Crippen molar-refractivity contribution in [3.63, 3.8) is 0 Å². The highest BCUT2D eigenvalue weighted by Crippen LogP contribution is 2.50. The van der Waals surface area contributed by atoms with Crippen molar-refractivity contribution in [3.8, 4) is 0 Å². The number of hydrogen-bond acceptors (Lipinski definition) is 8. The van der Waals surface area contributed by atoms with E-state index in [-0.39, 0.29) is 42.9 Å². The summed E-state index contributed by atoms with van der Waals surface area (Å²) in [7, 11) is -3.65. The third kappa shape index (κ3) is 13.7. The molecule has 242 valence electrons. The minimum atomic E-state index is -4.76. The molecule has 4 amide bonds. The molecule has 1 unspecified atom stereocenters. The van der Waals surface area contributed by atoms with Gasteiger partial charge >= 0.3 is 13.6 Å². The van der Waals surface area contributed by atoms with Gasteiger partial charge in [0.15, 0.2) is 6.10 Å². The van der Waals surface area contributed by atoms with Gasteiger partial charge in [0.05, 0.1) is 13.5 Å². The Kier molecular flexibility index (Phi) is 15.6. The molecule has 0 radical (unpaired) electrons. The molecule has 1 aromatic rings. The molecule has 43 heavy (non-hydrogen) atoms. The van der Waals surface area contributed by atoms with E-state index >= 15 is 0 Å². The summed E-state index contributed by atoms with van der Waals surface area (Å²) in [5.41, 5.74) is 5.99. The van der Waals surface area contributed by atoms with Gasteiger partial charge in [-0.05, 0) is 29.7 Å². The summed E-state index contributed by atoms with van der Waals surface area (Å²) < 4.78 is 23.8. The lowest BCUT2D eigenvalue weighted by Crippen LogP contribution is -2.57. The lowest BCUT2D eigenvalue weighted by molar-refractivity contribution is -0.149. The van der Waals surface area contributed by atoms with Crippen LogP contribution < -0.4 is 21.7 Å². The van der Waals surface area contributed by atoms with Gasteiger partial charge in [0, 0.05) is 12.8 Å². The normalized spacial score (nSPS) is 15.6. The Labute approximate surface area is 253 Å². The summed E-state index contributed by atoms with van der Waals surface area (Å²) >= 11 is 0. The molecular weight excluding hydrogens is 579 g/mol. The Bertz CT molecular complexity index is 1140. The molecule has 0 fully saturated rings. The molecule has 1 aromatic carbocycles. The van der Waals surface area contributed by atoms with Crippen molar-refractivity contribution >= 4 is 37.2 Å². The fraction of sp³-hybridized carbons (Fsp3) is 0.621. The molecule has 13 nitrogen and oxygen atoms in total. The monoisotopic (exact) mass is 626 g/mol. The molecular formula is C29H47N4O9P. The maximum atomic E-state index is 13.6. The first kappa shape index (κ1) is 37.7. The summed E-state index contributed by atoms with van der Waals surface area (Å²) in [5.74, 6) is -5.90. The van der Waals surface area contributed by atoms with Gasteiger partial charge in [-0.2, -0.15) is 0 Å².